The lowest BCUT2D eigenvalue weighted by Crippen LogP contribution is -2.22. The number of rotatable bonds is 2. The zero-order valence-corrected chi connectivity index (χ0v) is 9.29. The lowest BCUT2D eigenvalue weighted by molar-refractivity contribution is 0.394. The van der Waals surface area contributed by atoms with Gasteiger partial charge in [0, 0.05) is 17.8 Å². The molecule has 0 radical (unpaired) electrons. The number of methoxy groups -OCH3 is 1. The largest absolute Gasteiger partial charge is 0.481 e. The van der Waals surface area contributed by atoms with Crippen LogP contribution in [0, 0.1) is 5.82 Å². The number of piperidine rings is 1. The number of nitrogens with zero attached hydrogens (tertiary/aromatic N) is 1. The first-order chi connectivity index (χ1) is 7.79. The van der Waals surface area contributed by atoms with Crippen LogP contribution in [-0.2, 0) is 0 Å². The minimum Gasteiger partial charge on any atom is -0.481 e. The van der Waals surface area contributed by atoms with Gasteiger partial charge in [0.05, 0.1) is 7.11 Å². The third kappa shape index (κ3) is 2.58. The molecule has 4 heteroatoms. The average molecular weight is 222 g/mol. The molecule has 1 fully saturated rings. The molecular weight excluding hydrogens is 207 g/mol. The molecule has 1 aliphatic rings. The Morgan fingerprint density at radius 3 is 2.81 bits per heavy atom. The van der Waals surface area contributed by atoms with Crippen LogP contribution in [0.5, 0.6) is 5.88 Å². The quantitative estimate of drug-likeness (QED) is 0.831. The highest BCUT2D eigenvalue weighted by atomic mass is 19.1. The number of hydrogen-bond donors (Lipinski definition) is 1. The Morgan fingerprint density at radius 2 is 2.19 bits per heavy atom. The molecule has 0 saturated carbocycles. The number of halogens is 1. The fourth-order valence-corrected chi connectivity index (χ4v) is 1.75. The van der Waals surface area contributed by atoms with Crippen LogP contribution in [0.3, 0.4) is 0 Å². The van der Waals surface area contributed by atoms with Crippen molar-refractivity contribution in [2.45, 2.75) is 12.8 Å². The van der Waals surface area contributed by atoms with E-state index in [1.54, 1.807) is 0 Å². The van der Waals surface area contributed by atoms with Gasteiger partial charge in [-0.3, -0.25) is 0 Å². The average Bonchev–Trinajstić information content (AvgIpc) is 2.33. The van der Waals surface area contributed by atoms with Gasteiger partial charge in [-0.2, -0.15) is 0 Å². The van der Waals surface area contributed by atoms with E-state index >= 15 is 0 Å². The summed E-state index contributed by atoms with van der Waals surface area (Å²) in [7, 11) is 1.48. The molecule has 3 nitrogen and oxygen atoms in total. The molecule has 0 spiro atoms. The zero-order valence-electron chi connectivity index (χ0n) is 9.29. The fourth-order valence-electron chi connectivity index (χ4n) is 1.75. The van der Waals surface area contributed by atoms with Gasteiger partial charge < -0.3 is 10.1 Å². The molecule has 1 N–H and O–H groups in total. The highest BCUT2D eigenvalue weighted by Gasteiger charge is 2.07. The highest BCUT2D eigenvalue weighted by Crippen LogP contribution is 2.19. The summed E-state index contributed by atoms with van der Waals surface area (Å²) in [6.07, 6.45) is 5.36. The van der Waals surface area contributed by atoms with Crippen LogP contribution in [0.25, 0.3) is 6.08 Å². The van der Waals surface area contributed by atoms with Crippen molar-refractivity contribution in [2.75, 3.05) is 20.2 Å². The maximum Gasteiger partial charge on any atom is 0.215 e. The molecule has 1 aromatic rings. The first kappa shape index (κ1) is 11.1. The Labute approximate surface area is 94.3 Å². The van der Waals surface area contributed by atoms with Gasteiger partial charge in [0.25, 0.3) is 0 Å². The van der Waals surface area contributed by atoms with E-state index in [1.807, 2.05) is 6.08 Å². The van der Waals surface area contributed by atoms with Gasteiger partial charge in [-0.1, -0.05) is 11.6 Å². The third-order valence-corrected chi connectivity index (χ3v) is 2.67. The van der Waals surface area contributed by atoms with Gasteiger partial charge in [-0.05, 0) is 25.9 Å². The molecule has 2 rings (SSSR count). The summed E-state index contributed by atoms with van der Waals surface area (Å²) >= 11 is 0. The summed E-state index contributed by atoms with van der Waals surface area (Å²) in [5, 5.41) is 3.26. The molecule has 0 atom stereocenters. The molecule has 0 unspecified atom stereocenters. The van der Waals surface area contributed by atoms with E-state index in [9.17, 15) is 4.39 Å². The normalized spacial score (nSPS) is 16.0. The van der Waals surface area contributed by atoms with Gasteiger partial charge in [0.2, 0.25) is 5.88 Å². The van der Waals surface area contributed by atoms with Crippen molar-refractivity contribution in [3.05, 3.63) is 29.2 Å². The molecule has 0 aromatic carbocycles. The van der Waals surface area contributed by atoms with Crippen LogP contribution in [0.1, 0.15) is 18.4 Å². The summed E-state index contributed by atoms with van der Waals surface area (Å²) < 4.78 is 18.5. The lowest BCUT2D eigenvalue weighted by Gasteiger charge is -2.15. The van der Waals surface area contributed by atoms with Crippen molar-refractivity contribution >= 4 is 6.08 Å². The van der Waals surface area contributed by atoms with Crippen molar-refractivity contribution in [1.29, 1.82) is 0 Å². The highest BCUT2D eigenvalue weighted by molar-refractivity contribution is 5.53. The molecule has 1 aliphatic heterocycles. The summed E-state index contributed by atoms with van der Waals surface area (Å²) in [6, 6.07) is 1.31. The van der Waals surface area contributed by atoms with Gasteiger partial charge in [0.1, 0.15) is 5.82 Å². The van der Waals surface area contributed by atoms with Gasteiger partial charge in [-0.15, -0.1) is 0 Å². The van der Waals surface area contributed by atoms with Crippen LogP contribution in [-0.4, -0.2) is 25.2 Å². The lowest BCUT2D eigenvalue weighted by atomic mass is 10.0. The second-order valence-corrected chi connectivity index (χ2v) is 3.80. The minimum absolute atomic E-state index is 0.280. The summed E-state index contributed by atoms with van der Waals surface area (Å²) in [4.78, 5) is 4.00. The van der Waals surface area contributed by atoms with Crippen molar-refractivity contribution in [3.8, 4) is 5.88 Å². The SMILES string of the molecule is COc1cc(F)c(C=C2CCNCC2)cn1. The number of ether oxygens (including phenoxy) is 1. The van der Waals surface area contributed by atoms with Crippen LogP contribution >= 0.6 is 0 Å². The standard InChI is InChI=1S/C12H15FN2O/c1-16-12-7-11(13)10(8-15-12)6-9-2-4-14-5-3-9/h6-8,14H,2-5H2,1H3. The molecule has 1 saturated heterocycles. The molecule has 2 heterocycles. The van der Waals surface area contributed by atoms with Crippen LogP contribution in [0.15, 0.2) is 17.8 Å². The van der Waals surface area contributed by atoms with Crippen molar-refractivity contribution in [1.82, 2.24) is 10.3 Å². The summed E-state index contributed by atoms with van der Waals surface area (Å²) in [5.74, 6) is 0.0304. The Hall–Kier alpha value is -1.42. The Balaban J connectivity index is 2.20. The maximum atomic E-state index is 13.6. The van der Waals surface area contributed by atoms with E-state index in [1.165, 1.54) is 24.9 Å². The molecular formula is C12H15FN2O. The Morgan fingerprint density at radius 1 is 1.44 bits per heavy atom. The van der Waals surface area contributed by atoms with Gasteiger partial charge in [0.15, 0.2) is 0 Å². The van der Waals surface area contributed by atoms with E-state index < -0.39 is 0 Å². The minimum atomic E-state index is -0.280. The van der Waals surface area contributed by atoms with Crippen molar-refractivity contribution in [3.63, 3.8) is 0 Å². The second kappa shape index (κ2) is 5.07. The summed E-state index contributed by atoms with van der Waals surface area (Å²) in [5.41, 5.74) is 1.81. The molecule has 86 valence electrons. The van der Waals surface area contributed by atoms with Crippen LogP contribution in [0.2, 0.25) is 0 Å². The number of pyridine rings is 1. The van der Waals surface area contributed by atoms with Crippen molar-refractivity contribution in [2.24, 2.45) is 0 Å². The van der Waals surface area contributed by atoms with Crippen molar-refractivity contribution < 1.29 is 9.13 Å². The van der Waals surface area contributed by atoms with Gasteiger partial charge >= 0.3 is 0 Å². The van der Waals surface area contributed by atoms with E-state index in [-0.39, 0.29) is 5.82 Å². The van der Waals surface area contributed by atoms with E-state index in [2.05, 4.69) is 10.3 Å². The smallest absolute Gasteiger partial charge is 0.215 e. The van der Waals surface area contributed by atoms with E-state index in [0.717, 1.165) is 25.9 Å². The molecule has 0 bridgehead atoms. The number of nitrogens with one attached hydrogen (secondary N) is 1. The predicted octanol–water partition coefficient (Wildman–Crippen LogP) is 2.00. The molecule has 0 amide bonds. The topological polar surface area (TPSA) is 34.1 Å². The fraction of sp³-hybridized carbons (Fsp3) is 0.417. The zero-order chi connectivity index (χ0) is 11.4. The maximum absolute atomic E-state index is 13.6. The Bertz CT molecular complexity index is 396. The molecule has 1 aromatic heterocycles. The first-order valence-corrected chi connectivity index (χ1v) is 5.39. The van der Waals surface area contributed by atoms with E-state index in [4.69, 9.17) is 4.74 Å². The van der Waals surface area contributed by atoms with Crippen LogP contribution in [0.4, 0.5) is 4.39 Å². The first-order valence-electron chi connectivity index (χ1n) is 5.39. The molecule has 0 aliphatic carbocycles. The van der Waals surface area contributed by atoms with Gasteiger partial charge in [-0.25, -0.2) is 9.37 Å². The predicted molar refractivity (Wildman–Crippen MR) is 60.8 cm³/mol. The number of hydrogen-bond acceptors (Lipinski definition) is 3. The monoisotopic (exact) mass is 222 g/mol. The Kier molecular flexibility index (Phi) is 3.51. The second-order valence-electron chi connectivity index (χ2n) is 3.80. The molecule has 16 heavy (non-hydrogen) atoms. The third-order valence-electron chi connectivity index (χ3n) is 2.67. The van der Waals surface area contributed by atoms with Crippen LogP contribution < -0.4 is 10.1 Å². The summed E-state index contributed by atoms with van der Waals surface area (Å²) in [6.45, 7) is 1.94. The van der Waals surface area contributed by atoms with E-state index in [0.29, 0.717) is 11.4 Å². The number of aromatic nitrogens is 1.